The molecule has 0 saturated heterocycles. The lowest BCUT2D eigenvalue weighted by Gasteiger charge is -2.13. The lowest BCUT2D eigenvalue weighted by atomic mass is 10.1. The maximum Gasteiger partial charge on any atom is 0.354 e. The quantitative estimate of drug-likeness (QED) is 0.828. The Labute approximate surface area is 145 Å². The summed E-state index contributed by atoms with van der Waals surface area (Å²) in [6.07, 6.45) is 0. The summed E-state index contributed by atoms with van der Waals surface area (Å²) in [5.41, 5.74) is 2.81. The Hall–Kier alpha value is -2.34. The molecule has 0 spiro atoms. The van der Waals surface area contributed by atoms with Crippen LogP contribution in [0.4, 0.5) is 5.69 Å². The van der Waals surface area contributed by atoms with Crippen LogP contribution < -0.4 is 5.32 Å². The number of anilines is 1. The predicted octanol–water partition coefficient (Wildman–Crippen LogP) is 3.98. The van der Waals surface area contributed by atoms with Crippen LogP contribution in [0.5, 0.6) is 0 Å². The number of thioether (sulfide) groups is 1. The van der Waals surface area contributed by atoms with Gasteiger partial charge < -0.3 is 10.4 Å². The molecule has 0 saturated carbocycles. The molecule has 0 aliphatic rings. The Balaban J connectivity index is 2.18. The molecule has 0 atom stereocenters. The van der Waals surface area contributed by atoms with Crippen LogP contribution >= 0.6 is 11.8 Å². The molecule has 0 aliphatic carbocycles. The second-order valence-corrected chi connectivity index (χ2v) is 7.18. The van der Waals surface area contributed by atoms with Crippen molar-refractivity contribution in [1.82, 2.24) is 4.98 Å². The maximum absolute atomic E-state index is 12.3. The van der Waals surface area contributed by atoms with E-state index in [1.54, 1.807) is 0 Å². The monoisotopic (exact) mass is 344 g/mol. The minimum absolute atomic E-state index is 0.0799. The summed E-state index contributed by atoms with van der Waals surface area (Å²) >= 11 is 1.84. The van der Waals surface area contributed by atoms with Crippen LogP contribution in [0.1, 0.15) is 46.0 Å². The van der Waals surface area contributed by atoms with Crippen molar-refractivity contribution in [1.29, 1.82) is 0 Å². The molecule has 6 heteroatoms. The number of carbonyl (C=O) groups excluding carboxylic acids is 1. The van der Waals surface area contributed by atoms with Crippen LogP contribution in [0.25, 0.3) is 0 Å². The van der Waals surface area contributed by atoms with E-state index in [4.69, 9.17) is 5.11 Å². The van der Waals surface area contributed by atoms with E-state index in [1.807, 2.05) is 36.9 Å². The summed E-state index contributed by atoms with van der Waals surface area (Å²) in [4.78, 5) is 27.2. The molecule has 2 aromatic rings. The van der Waals surface area contributed by atoms with Gasteiger partial charge in [0.2, 0.25) is 0 Å². The van der Waals surface area contributed by atoms with Crippen molar-refractivity contribution in [3.63, 3.8) is 0 Å². The van der Waals surface area contributed by atoms with Crippen molar-refractivity contribution in [2.45, 2.75) is 31.8 Å². The normalized spacial score (nSPS) is 10.7. The van der Waals surface area contributed by atoms with Crippen molar-refractivity contribution in [2.75, 3.05) is 5.32 Å². The largest absolute Gasteiger partial charge is 0.477 e. The number of carbonyl (C=O) groups is 2. The van der Waals surface area contributed by atoms with E-state index < -0.39 is 11.9 Å². The number of nitrogens with zero attached hydrogens (tertiary/aromatic N) is 1. The number of amides is 1. The van der Waals surface area contributed by atoms with E-state index in [0.717, 1.165) is 11.3 Å². The van der Waals surface area contributed by atoms with Crippen molar-refractivity contribution in [3.8, 4) is 0 Å². The van der Waals surface area contributed by atoms with Crippen LogP contribution in [0.2, 0.25) is 0 Å². The Morgan fingerprint density at radius 1 is 1.17 bits per heavy atom. The van der Waals surface area contributed by atoms with E-state index in [2.05, 4.69) is 24.1 Å². The number of aromatic carboxylic acids is 1. The highest BCUT2D eigenvalue weighted by Crippen LogP contribution is 2.25. The third-order valence-corrected chi connectivity index (χ3v) is 4.61. The minimum Gasteiger partial charge on any atom is -0.477 e. The van der Waals surface area contributed by atoms with Gasteiger partial charge in [0.05, 0.1) is 0 Å². The van der Waals surface area contributed by atoms with Gasteiger partial charge in [-0.15, -0.1) is 0 Å². The zero-order valence-electron chi connectivity index (χ0n) is 13.9. The molecular weight excluding hydrogens is 324 g/mol. The number of carboxylic acids is 1. The molecule has 2 rings (SSSR count). The van der Waals surface area contributed by atoms with E-state index in [1.165, 1.54) is 23.8 Å². The first kappa shape index (κ1) is 18.0. The third-order valence-electron chi connectivity index (χ3n) is 3.47. The summed E-state index contributed by atoms with van der Waals surface area (Å²) in [5.74, 6) is -0.705. The highest BCUT2D eigenvalue weighted by molar-refractivity contribution is 7.99. The van der Waals surface area contributed by atoms with Gasteiger partial charge in [-0.25, -0.2) is 9.78 Å². The number of rotatable bonds is 6. The van der Waals surface area contributed by atoms with E-state index in [-0.39, 0.29) is 11.4 Å². The Morgan fingerprint density at radius 3 is 2.50 bits per heavy atom. The number of pyridine rings is 1. The van der Waals surface area contributed by atoms with Gasteiger partial charge >= 0.3 is 5.97 Å². The topological polar surface area (TPSA) is 79.3 Å². The van der Waals surface area contributed by atoms with Crippen molar-refractivity contribution >= 4 is 29.3 Å². The summed E-state index contributed by atoms with van der Waals surface area (Å²) in [6.45, 7) is 6.26. The van der Waals surface area contributed by atoms with Crippen molar-refractivity contribution in [2.24, 2.45) is 0 Å². The minimum atomic E-state index is -1.16. The van der Waals surface area contributed by atoms with Gasteiger partial charge in [0.1, 0.15) is 11.4 Å². The highest BCUT2D eigenvalue weighted by Gasteiger charge is 2.13. The molecular formula is C18H20N2O3S. The first-order chi connectivity index (χ1) is 11.4. The van der Waals surface area contributed by atoms with E-state index >= 15 is 0 Å². The molecule has 0 bridgehead atoms. The lowest BCUT2D eigenvalue weighted by molar-refractivity contribution is 0.0690. The first-order valence-electron chi connectivity index (χ1n) is 7.60. The van der Waals surface area contributed by atoms with Crippen LogP contribution in [0.15, 0.2) is 36.4 Å². The van der Waals surface area contributed by atoms with Gasteiger partial charge in [-0.05, 0) is 41.5 Å². The number of carboxylic acid groups (broad SMARTS) is 1. The Bertz CT molecular complexity index is 760. The molecule has 0 fully saturated rings. The summed E-state index contributed by atoms with van der Waals surface area (Å²) in [5, 5.41) is 12.3. The second kappa shape index (κ2) is 7.97. The van der Waals surface area contributed by atoms with Gasteiger partial charge in [-0.2, -0.15) is 11.8 Å². The lowest BCUT2D eigenvalue weighted by Crippen LogP contribution is -2.16. The molecule has 0 radical (unpaired) electrons. The average Bonchev–Trinajstić information content (AvgIpc) is 2.55. The van der Waals surface area contributed by atoms with E-state index in [9.17, 15) is 9.59 Å². The van der Waals surface area contributed by atoms with Gasteiger partial charge in [0.15, 0.2) is 0 Å². The number of aromatic nitrogens is 1. The van der Waals surface area contributed by atoms with Crippen molar-refractivity contribution in [3.05, 3.63) is 58.9 Å². The average molecular weight is 344 g/mol. The molecule has 1 heterocycles. The standard InChI is InChI=1S/C18H20N2O3S/c1-11(2)24-10-13-6-4-7-14(12(13)3)20-17(21)15-8-5-9-16(19-15)18(22)23/h4-9,11H,10H2,1-3H3,(H,20,21)(H,22,23). The zero-order valence-corrected chi connectivity index (χ0v) is 14.7. The molecule has 24 heavy (non-hydrogen) atoms. The number of hydrogen-bond donors (Lipinski definition) is 2. The molecule has 0 aliphatic heterocycles. The predicted molar refractivity (Wildman–Crippen MR) is 96.8 cm³/mol. The highest BCUT2D eigenvalue weighted by atomic mass is 32.2. The fourth-order valence-corrected chi connectivity index (χ4v) is 2.92. The van der Waals surface area contributed by atoms with Crippen molar-refractivity contribution < 1.29 is 14.7 Å². The van der Waals surface area contributed by atoms with Gasteiger partial charge in [0.25, 0.3) is 5.91 Å². The summed E-state index contributed by atoms with van der Waals surface area (Å²) in [6, 6.07) is 10.1. The SMILES string of the molecule is Cc1c(CSC(C)C)cccc1NC(=O)c1cccc(C(=O)O)n1. The van der Waals surface area contributed by atoms with Gasteiger partial charge in [0, 0.05) is 11.4 Å². The number of nitrogens with one attached hydrogen (secondary N) is 1. The smallest absolute Gasteiger partial charge is 0.354 e. The zero-order chi connectivity index (χ0) is 17.7. The fourth-order valence-electron chi connectivity index (χ4n) is 2.10. The summed E-state index contributed by atoms with van der Waals surface area (Å²) < 4.78 is 0. The molecule has 2 N–H and O–H groups in total. The Kier molecular flexibility index (Phi) is 5.98. The Morgan fingerprint density at radius 2 is 1.83 bits per heavy atom. The molecule has 1 aromatic carbocycles. The molecule has 5 nitrogen and oxygen atoms in total. The fraction of sp³-hybridized carbons (Fsp3) is 0.278. The van der Waals surface area contributed by atoms with E-state index in [0.29, 0.717) is 10.9 Å². The molecule has 1 aromatic heterocycles. The maximum atomic E-state index is 12.3. The van der Waals surface area contributed by atoms with Crippen LogP contribution in [0, 0.1) is 6.92 Å². The van der Waals surface area contributed by atoms with Gasteiger partial charge in [-0.1, -0.05) is 32.0 Å². The summed E-state index contributed by atoms with van der Waals surface area (Å²) in [7, 11) is 0. The van der Waals surface area contributed by atoms with Crippen LogP contribution in [0.3, 0.4) is 0 Å². The van der Waals surface area contributed by atoms with Gasteiger partial charge in [-0.3, -0.25) is 4.79 Å². The first-order valence-corrected chi connectivity index (χ1v) is 8.65. The molecule has 1 amide bonds. The third kappa shape index (κ3) is 4.58. The van der Waals surface area contributed by atoms with Crippen LogP contribution in [-0.2, 0) is 5.75 Å². The molecule has 0 unspecified atom stereocenters. The molecule has 126 valence electrons. The second-order valence-electron chi connectivity index (χ2n) is 5.62. The van der Waals surface area contributed by atoms with Crippen LogP contribution in [-0.4, -0.2) is 27.2 Å². The number of hydrogen-bond acceptors (Lipinski definition) is 4. The number of benzene rings is 1.